The highest BCUT2D eigenvalue weighted by Crippen LogP contribution is 2.28. The van der Waals surface area contributed by atoms with Gasteiger partial charge in [-0.15, -0.1) is 0 Å². The largest absolute Gasteiger partial charge is 0.506 e. The van der Waals surface area contributed by atoms with Crippen molar-refractivity contribution in [1.29, 1.82) is 0 Å². The van der Waals surface area contributed by atoms with Gasteiger partial charge in [-0.1, -0.05) is 12.1 Å². The number of piperidine rings is 1. The van der Waals surface area contributed by atoms with Crippen molar-refractivity contribution < 1.29 is 9.90 Å². The third kappa shape index (κ3) is 3.29. The van der Waals surface area contributed by atoms with E-state index < -0.39 is 0 Å². The quantitative estimate of drug-likeness (QED) is 0.925. The fraction of sp³-hybridized carbons (Fsp3) is 0.611. The third-order valence-electron chi connectivity index (χ3n) is 5.05. The van der Waals surface area contributed by atoms with Gasteiger partial charge >= 0.3 is 0 Å². The Balaban J connectivity index is 1.63. The third-order valence-corrected chi connectivity index (χ3v) is 5.05. The Morgan fingerprint density at radius 3 is 2.43 bits per heavy atom. The van der Waals surface area contributed by atoms with E-state index in [4.69, 9.17) is 0 Å². The van der Waals surface area contributed by atoms with Gasteiger partial charge in [-0.3, -0.25) is 9.69 Å². The van der Waals surface area contributed by atoms with Crippen LogP contribution in [0.5, 0.6) is 5.75 Å². The summed E-state index contributed by atoms with van der Waals surface area (Å²) in [6.07, 6.45) is 2.06. The van der Waals surface area contributed by atoms with E-state index in [0.717, 1.165) is 51.3 Å². The van der Waals surface area contributed by atoms with E-state index in [9.17, 15) is 9.90 Å². The fourth-order valence-electron chi connectivity index (χ4n) is 3.74. The Hall–Kier alpha value is -1.75. The van der Waals surface area contributed by atoms with E-state index in [0.29, 0.717) is 11.7 Å². The minimum Gasteiger partial charge on any atom is -0.506 e. The first-order valence-corrected chi connectivity index (χ1v) is 8.65. The lowest BCUT2D eigenvalue weighted by molar-refractivity contribution is -0.142. The summed E-state index contributed by atoms with van der Waals surface area (Å²) >= 11 is 0. The zero-order valence-corrected chi connectivity index (χ0v) is 14.1. The van der Waals surface area contributed by atoms with E-state index in [2.05, 4.69) is 23.6 Å². The number of hydrogen-bond acceptors (Lipinski definition) is 4. The highest BCUT2D eigenvalue weighted by atomic mass is 16.3. The zero-order chi connectivity index (χ0) is 16.4. The summed E-state index contributed by atoms with van der Waals surface area (Å²) in [5.74, 6) is 0.628. The van der Waals surface area contributed by atoms with E-state index in [1.165, 1.54) is 0 Å². The number of hydrogen-bond donors (Lipinski definition) is 1. The molecule has 23 heavy (non-hydrogen) atoms. The van der Waals surface area contributed by atoms with Crippen LogP contribution in [0.1, 0.15) is 26.7 Å². The molecule has 1 amide bonds. The molecule has 0 saturated carbocycles. The van der Waals surface area contributed by atoms with E-state index in [1.54, 1.807) is 6.07 Å². The van der Waals surface area contributed by atoms with Crippen LogP contribution in [0.3, 0.4) is 0 Å². The van der Waals surface area contributed by atoms with Crippen LogP contribution < -0.4 is 4.90 Å². The number of aromatic hydroxyl groups is 1. The molecular formula is C18H27N3O2. The second-order valence-corrected chi connectivity index (χ2v) is 6.80. The molecule has 0 aliphatic carbocycles. The molecule has 0 spiro atoms. The smallest absolute Gasteiger partial charge is 0.240 e. The van der Waals surface area contributed by atoms with Gasteiger partial charge in [0.05, 0.1) is 11.7 Å². The van der Waals surface area contributed by atoms with Gasteiger partial charge in [-0.05, 0) is 38.8 Å². The number of benzene rings is 1. The predicted molar refractivity (Wildman–Crippen MR) is 91.8 cm³/mol. The molecule has 126 valence electrons. The second-order valence-electron chi connectivity index (χ2n) is 6.80. The van der Waals surface area contributed by atoms with Gasteiger partial charge < -0.3 is 14.9 Å². The SMILES string of the molecule is CC(C)N1CCCC(N2CCN(c3ccccc3O)CC2)C1=O. The molecule has 1 atom stereocenters. The van der Waals surface area contributed by atoms with Gasteiger partial charge in [0.1, 0.15) is 5.75 Å². The number of piperazine rings is 1. The molecule has 2 fully saturated rings. The van der Waals surface area contributed by atoms with Crippen molar-refractivity contribution in [2.45, 2.75) is 38.8 Å². The molecule has 3 rings (SSSR count). The summed E-state index contributed by atoms with van der Waals surface area (Å²) in [5, 5.41) is 10.00. The molecule has 1 N–H and O–H groups in total. The zero-order valence-electron chi connectivity index (χ0n) is 14.1. The Kier molecular flexibility index (Phi) is 4.76. The number of rotatable bonds is 3. The maximum Gasteiger partial charge on any atom is 0.240 e. The average Bonchev–Trinajstić information content (AvgIpc) is 2.55. The first kappa shape index (κ1) is 16.1. The van der Waals surface area contributed by atoms with Crippen molar-refractivity contribution in [3.63, 3.8) is 0 Å². The molecule has 0 radical (unpaired) electrons. The summed E-state index contributed by atoms with van der Waals surface area (Å²) in [4.78, 5) is 19.3. The normalized spacial score (nSPS) is 23.6. The minimum atomic E-state index is 0.0395. The Morgan fingerprint density at radius 1 is 1.09 bits per heavy atom. The van der Waals surface area contributed by atoms with Crippen LogP contribution in [-0.4, -0.2) is 65.6 Å². The summed E-state index contributed by atoms with van der Waals surface area (Å²) in [5.41, 5.74) is 0.894. The number of likely N-dealkylation sites (tertiary alicyclic amines) is 1. The van der Waals surface area contributed by atoms with Gasteiger partial charge in [0.2, 0.25) is 5.91 Å². The second kappa shape index (κ2) is 6.79. The Bertz CT molecular complexity index is 553. The minimum absolute atomic E-state index is 0.0395. The molecule has 5 heteroatoms. The molecule has 1 aromatic carbocycles. The van der Waals surface area contributed by atoms with Crippen molar-refractivity contribution in [1.82, 2.24) is 9.80 Å². The van der Waals surface area contributed by atoms with Crippen LogP contribution >= 0.6 is 0 Å². The Morgan fingerprint density at radius 2 is 1.78 bits per heavy atom. The van der Waals surface area contributed by atoms with Gasteiger partial charge in [-0.2, -0.15) is 0 Å². The van der Waals surface area contributed by atoms with Crippen LogP contribution in [0.2, 0.25) is 0 Å². The molecule has 0 aromatic heterocycles. The molecule has 2 heterocycles. The first-order valence-electron chi connectivity index (χ1n) is 8.65. The first-order chi connectivity index (χ1) is 11.1. The van der Waals surface area contributed by atoms with Gasteiger partial charge in [0.15, 0.2) is 0 Å². The van der Waals surface area contributed by atoms with E-state index in [-0.39, 0.29) is 12.1 Å². The molecule has 5 nitrogen and oxygen atoms in total. The maximum absolute atomic E-state index is 12.7. The number of phenolic OH excluding ortho intramolecular Hbond substituents is 1. The summed E-state index contributed by atoms with van der Waals surface area (Å²) in [7, 11) is 0. The van der Waals surface area contributed by atoms with Crippen molar-refractivity contribution >= 4 is 11.6 Å². The van der Waals surface area contributed by atoms with Gasteiger partial charge in [0.25, 0.3) is 0 Å². The Labute approximate surface area is 138 Å². The van der Waals surface area contributed by atoms with Crippen molar-refractivity contribution in [3.8, 4) is 5.75 Å². The molecule has 1 aromatic rings. The number of anilines is 1. The monoisotopic (exact) mass is 317 g/mol. The van der Waals surface area contributed by atoms with Crippen molar-refractivity contribution in [2.24, 2.45) is 0 Å². The number of amides is 1. The average molecular weight is 317 g/mol. The predicted octanol–water partition coefficient (Wildman–Crippen LogP) is 1.91. The fourth-order valence-corrected chi connectivity index (χ4v) is 3.74. The standard InChI is InChI=1S/C18H27N3O2/c1-14(2)21-9-5-7-16(18(21)23)20-12-10-19(11-13-20)15-6-3-4-8-17(15)22/h3-4,6,8,14,16,22H,5,7,9-13H2,1-2H3. The van der Waals surface area contributed by atoms with Crippen molar-refractivity contribution in [3.05, 3.63) is 24.3 Å². The summed E-state index contributed by atoms with van der Waals surface area (Å²) in [6, 6.07) is 7.80. The highest BCUT2D eigenvalue weighted by Gasteiger charge is 2.35. The van der Waals surface area contributed by atoms with E-state index >= 15 is 0 Å². The number of carbonyl (C=O) groups excluding carboxylic acids is 1. The van der Waals surface area contributed by atoms with Crippen LogP contribution in [0.15, 0.2) is 24.3 Å². The van der Waals surface area contributed by atoms with Crippen LogP contribution in [0.4, 0.5) is 5.69 Å². The van der Waals surface area contributed by atoms with Gasteiger partial charge in [0, 0.05) is 38.8 Å². The van der Waals surface area contributed by atoms with Crippen LogP contribution in [0, 0.1) is 0 Å². The topological polar surface area (TPSA) is 47.0 Å². The lowest BCUT2D eigenvalue weighted by atomic mass is 10.0. The molecule has 2 aliphatic rings. The van der Waals surface area contributed by atoms with Crippen LogP contribution in [0.25, 0.3) is 0 Å². The number of phenols is 1. The highest BCUT2D eigenvalue weighted by molar-refractivity contribution is 5.83. The molecule has 2 aliphatic heterocycles. The summed E-state index contributed by atoms with van der Waals surface area (Å²) in [6.45, 7) is 8.52. The summed E-state index contributed by atoms with van der Waals surface area (Å²) < 4.78 is 0. The molecule has 2 saturated heterocycles. The molecule has 0 bridgehead atoms. The number of para-hydroxylation sites is 2. The van der Waals surface area contributed by atoms with E-state index in [1.807, 2.05) is 23.1 Å². The number of carbonyl (C=O) groups is 1. The van der Waals surface area contributed by atoms with Gasteiger partial charge in [-0.25, -0.2) is 0 Å². The lowest BCUT2D eigenvalue weighted by Crippen LogP contribution is -2.58. The lowest BCUT2D eigenvalue weighted by Gasteiger charge is -2.44. The number of nitrogens with zero attached hydrogens (tertiary/aromatic N) is 3. The van der Waals surface area contributed by atoms with Crippen LogP contribution in [-0.2, 0) is 4.79 Å². The maximum atomic E-state index is 12.7. The molecule has 1 unspecified atom stereocenters. The van der Waals surface area contributed by atoms with Crippen molar-refractivity contribution in [2.75, 3.05) is 37.6 Å². The molecular weight excluding hydrogens is 290 g/mol.